The third kappa shape index (κ3) is 4.56. The number of aliphatic carboxylic acids is 1. The Hall–Kier alpha value is -2.93. The van der Waals surface area contributed by atoms with Crippen LogP contribution in [-0.2, 0) is 22.4 Å². The van der Waals surface area contributed by atoms with E-state index in [1.165, 1.54) is 11.3 Å². The number of benzene rings is 1. The van der Waals surface area contributed by atoms with Crippen LogP contribution in [0.4, 0.5) is 10.7 Å². The van der Waals surface area contributed by atoms with E-state index in [1.54, 1.807) is 0 Å². The fraction of sp³-hybridized carbons (Fsp3) is 0.375. The minimum absolute atomic E-state index is 0.239. The molecule has 1 aromatic carbocycles. The Bertz CT molecular complexity index is 1040. The van der Waals surface area contributed by atoms with Crippen molar-refractivity contribution in [3.05, 3.63) is 58.0 Å². The first kappa shape index (κ1) is 21.3. The van der Waals surface area contributed by atoms with Crippen LogP contribution >= 0.6 is 11.3 Å². The number of nitrogens with one attached hydrogen (secondary N) is 2. The van der Waals surface area contributed by atoms with Crippen LogP contribution in [0.2, 0.25) is 0 Å². The number of thiophene rings is 1. The number of carboxylic acid groups (broad SMARTS) is 1. The van der Waals surface area contributed by atoms with Crippen molar-refractivity contribution in [3.8, 4) is 0 Å². The average Bonchev–Trinajstić information content (AvgIpc) is 3.13. The summed E-state index contributed by atoms with van der Waals surface area (Å²) in [5.41, 5.74) is 3.33. The lowest BCUT2D eigenvalue weighted by atomic mass is 9.82. The van der Waals surface area contributed by atoms with Crippen molar-refractivity contribution in [1.82, 2.24) is 0 Å². The van der Waals surface area contributed by atoms with E-state index in [1.807, 2.05) is 43.3 Å². The third-order valence-corrected chi connectivity index (χ3v) is 7.24. The van der Waals surface area contributed by atoms with Crippen LogP contribution in [0.25, 0.3) is 0 Å². The van der Waals surface area contributed by atoms with Crippen molar-refractivity contribution >= 4 is 39.8 Å². The average molecular weight is 439 g/mol. The molecule has 1 heterocycles. The lowest BCUT2D eigenvalue weighted by Crippen LogP contribution is -2.35. The van der Waals surface area contributed by atoms with Crippen molar-refractivity contribution in [2.45, 2.75) is 45.4 Å². The van der Waals surface area contributed by atoms with Gasteiger partial charge in [0.15, 0.2) is 0 Å². The number of carboxylic acids is 1. The van der Waals surface area contributed by atoms with Gasteiger partial charge in [-0.2, -0.15) is 0 Å². The lowest BCUT2D eigenvalue weighted by molar-refractivity contribution is -0.146. The molecule has 2 aromatic rings. The van der Waals surface area contributed by atoms with E-state index in [-0.39, 0.29) is 11.8 Å². The van der Waals surface area contributed by atoms with E-state index in [9.17, 15) is 19.5 Å². The maximum atomic E-state index is 13.2. The topological polar surface area (TPSA) is 95.5 Å². The zero-order chi connectivity index (χ0) is 22.0. The highest BCUT2D eigenvalue weighted by atomic mass is 32.1. The molecule has 6 nitrogen and oxygen atoms in total. The Labute approximate surface area is 185 Å². The van der Waals surface area contributed by atoms with Gasteiger partial charge in [-0.15, -0.1) is 11.3 Å². The van der Waals surface area contributed by atoms with E-state index in [2.05, 4.69) is 10.6 Å². The summed E-state index contributed by atoms with van der Waals surface area (Å²) in [5, 5.41) is 15.9. The number of allylic oxidation sites excluding steroid dienone is 2. The van der Waals surface area contributed by atoms with Gasteiger partial charge in [-0.1, -0.05) is 29.8 Å². The molecule has 1 aromatic heterocycles. The predicted molar refractivity (Wildman–Crippen MR) is 122 cm³/mol. The molecule has 0 saturated heterocycles. The molecule has 162 valence electrons. The molecule has 0 saturated carbocycles. The zero-order valence-electron chi connectivity index (χ0n) is 17.4. The Morgan fingerprint density at radius 1 is 0.968 bits per heavy atom. The highest BCUT2D eigenvalue weighted by Gasteiger charge is 2.35. The van der Waals surface area contributed by atoms with Crippen LogP contribution in [-0.4, -0.2) is 22.9 Å². The van der Waals surface area contributed by atoms with Crippen LogP contribution in [0.3, 0.4) is 0 Å². The maximum Gasteiger partial charge on any atom is 0.307 e. The summed E-state index contributed by atoms with van der Waals surface area (Å²) in [5.74, 6) is -2.93. The first-order valence-electron chi connectivity index (χ1n) is 10.6. The minimum Gasteiger partial charge on any atom is -0.481 e. The summed E-state index contributed by atoms with van der Waals surface area (Å²) in [6.45, 7) is 1.99. The molecule has 2 atom stereocenters. The molecule has 0 spiro atoms. The Kier molecular flexibility index (Phi) is 6.23. The Morgan fingerprint density at radius 2 is 1.65 bits per heavy atom. The van der Waals surface area contributed by atoms with Gasteiger partial charge in [0, 0.05) is 10.6 Å². The van der Waals surface area contributed by atoms with Gasteiger partial charge < -0.3 is 15.7 Å². The molecule has 0 radical (unpaired) electrons. The molecule has 0 unspecified atom stereocenters. The Balaban J connectivity index is 1.61. The molecule has 0 bridgehead atoms. The summed E-state index contributed by atoms with van der Waals surface area (Å²) in [6, 6.07) is 7.58. The summed E-state index contributed by atoms with van der Waals surface area (Å²) in [4.78, 5) is 39.0. The third-order valence-electron chi connectivity index (χ3n) is 6.03. The van der Waals surface area contributed by atoms with Gasteiger partial charge in [-0.05, 0) is 63.1 Å². The van der Waals surface area contributed by atoms with Gasteiger partial charge in [0.2, 0.25) is 5.91 Å². The summed E-state index contributed by atoms with van der Waals surface area (Å²) in [6.07, 6.45) is 8.17. The van der Waals surface area contributed by atoms with Crippen LogP contribution in [0.5, 0.6) is 0 Å². The first-order valence-corrected chi connectivity index (χ1v) is 11.5. The van der Waals surface area contributed by atoms with E-state index in [4.69, 9.17) is 0 Å². The predicted octanol–water partition coefficient (Wildman–Crippen LogP) is 4.79. The molecule has 3 N–H and O–H groups in total. The zero-order valence-corrected chi connectivity index (χ0v) is 18.3. The van der Waals surface area contributed by atoms with Gasteiger partial charge >= 0.3 is 5.97 Å². The minimum atomic E-state index is -0.965. The van der Waals surface area contributed by atoms with Gasteiger partial charge in [0.05, 0.1) is 17.4 Å². The quantitative estimate of drug-likeness (QED) is 0.585. The van der Waals surface area contributed by atoms with Crippen molar-refractivity contribution in [1.29, 1.82) is 0 Å². The lowest BCUT2D eigenvalue weighted by Gasteiger charge is -2.24. The molecule has 0 fully saturated rings. The van der Waals surface area contributed by atoms with Crippen LogP contribution in [0.15, 0.2) is 36.4 Å². The van der Waals surface area contributed by atoms with Crippen LogP contribution in [0.1, 0.15) is 52.0 Å². The molecule has 2 aliphatic carbocycles. The molecule has 2 aliphatic rings. The van der Waals surface area contributed by atoms with E-state index in [0.29, 0.717) is 29.1 Å². The molecule has 0 aliphatic heterocycles. The van der Waals surface area contributed by atoms with Crippen molar-refractivity contribution in [2.24, 2.45) is 11.8 Å². The number of hydrogen-bond acceptors (Lipinski definition) is 4. The first-order chi connectivity index (χ1) is 14.9. The summed E-state index contributed by atoms with van der Waals surface area (Å²) in [7, 11) is 0. The number of carbonyl (C=O) groups is 3. The van der Waals surface area contributed by atoms with E-state index in [0.717, 1.165) is 41.7 Å². The molecular weight excluding hydrogens is 412 g/mol. The van der Waals surface area contributed by atoms with Crippen molar-refractivity contribution in [2.75, 3.05) is 10.6 Å². The fourth-order valence-corrected chi connectivity index (χ4v) is 5.60. The molecule has 7 heteroatoms. The highest BCUT2D eigenvalue weighted by Crippen LogP contribution is 2.39. The molecule has 31 heavy (non-hydrogen) atoms. The number of aryl methyl sites for hydroxylation is 2. The van der Waals surface area contributed by atoms with Crippen molar-refractivity contribution in [3.63, 3.8) is 0 Å². The molecular formula is C24H26N2O4S. The largest absolute Gasteiger partial charge is 0.481 e. The second kappa shape index (κ2) is 9.06. The normalized spacial score (nSPS) is 20.0. The highest BCUT2D eigenvalue weighted by molar-refractivity contribution is 7.17. The smallest absolute Gasteiger partial charge is 0.307 e. The number of rotatable bonds is 5. The maximum absolute atomic E-state index is 13.2. The standard InChI is InChI=1S/C24H26N2O4S/c1-14-10-12-15(13-11-14)25-22(28)20-18-8-4-5-9-19(18)31-23(20)26-21(27)16-6-2-3-7-17(16)24(29)30/h2-3,10-13,16-17H,4-9H2,1H3,(H,25,28)(H,26,27)(H,29,30)/t16-,17-/m1/s1. The van der Waals surface area contributed by atoms with Gasteiger partial charge in [0.25, 0.3) is 5.91 Å². The number of carbonyl (C=O) groups excluding carboxylic acids is 2. The SMILES string of the molecule is Cc1ccc(NC(=O)c2c(NC(=O)[C@@H]3CC=CC[C@H]3C(=O)O)sc3c2CCCC3)cc1. The fourth-order valence-electron chi connectivity index (χ4n) is 4.31. The monoisotopic (exact) mass is 438 g/mol. The Morgan fingerprint density at radius 3 is 2.35 bits per heavy atom. The molecule has 2 amide bonds. The van der Waals surface area contributed by atoms with Gasteiger partial charge in [-0.25, -0.2) is 0 Å². The van der Waals surface area contributed by atoms with Crippen LogP contribution < -0.4 is 10.6 Å². The number of hydrogen-bond donors (Lipinski definition) is 3. The van der Waals surface area contributed by atoms with Crippen LogP contribution in [0, 0.1) is 18.8 Å². The number of anilines is 2. The number of fused-ring (bicyclic) bond motifs is 1. The van der Waals surface area contributed by atoms with Crippen molar-refractivity contribution < 1.29 is 19.5 Å². The van der Waals surface area contributed by atoms with E-state index < -0.39 is 17.8 Å². The summed E-state index contributed by atoms with van der Waals surface area (Å²) < 4.78 is 0. The van der Waals surface area contributed by atoms with E-state index >= 15 is 0 Å². The second-order valence-corrected chi connectivity index (χ2v) is 9.32. The second-order valence-electron chi connectivity index (χ2n) is 8.22. The number of amides is 2. The van der Waals surface area contributed by atoms with Gasteiger partial charge in [-0.3, -0.25) is 14.4 Å². The molecule has 4 rings (SSSR count). The summed E-state index contributed by atoms with van der Waals surface area (Å²) >= 11 is 1.45. The van der Waals surface area contributed by atoms with Gasteiger partial charge in [0.1, 0.15) is 5.00 Å².